The number of rotatable bonds is 8. The van der Waals surface area contributed by atoms with Crippen molar-refractivity contribution in [3.8, 4) is 11.5 Å². The van der Waals surface area contributed by atoms with Gasteiger partial charge >= 0.3 is 6.03 Å². The van der Waals surface area contributed by atoms with Gasteiger partial charge in [0, 0.05) is 29.2 Å². The summed E-state index contributed by atoms with van der Waals surface area (Å²) in [5, 5.41) is 10.5. The van der Waals surface area contributed by atoms with Crippen molar-refractivity contribution < 1.29 is 19.1 Å². The summed E-state index contributed by atoms with van der Waals surface area (Å²) in [7, 11) is 3.16. The average Bonchev–Trinajstić information content (AvgIpc) is 3.20. The van der Waals surface area contributed by atoms with Gasteiger partial charge in [0.05, 0.1) is 19.9 Å². The highest BCUT2D eigenvalue weighted by Gasteiger charge is 2.09. The quantitative estimate of drug-likeness (QED) is 0.496. The van der Waals surface area contributed by atoms with Crippen LogP contribution in [-0.2, 0) is 11.2 Å². The van der Waals surface area contributed by atoms with E-state index in [0.717, 1.165) is 5.69 Å². The Bertz CT molecular complexity index is 1000. The molecule has 0 atom stereocenters. The molecule has 2 aromatic carbocycles. The summed E-state index contributed by atoms with van der Waals surface area (Å²) < 4.78 is 10.2. The second-order valence-electron chi connectivity index (χ2n) is 6.23. The summed E-state index contributed by atoms with van der Waals surface area (Å²) in [5.41, 5.74) is 2.05. The minimum Gasteiger partial charge on any atom is -0.497 e. The van der Waals surface area contributed by atoms with Gasteiger partial charge in [-0.25, -0.2) is 9.78 Å². The van der Waals surface area contributed by atoms with Crippen LogP contribution < -0.4 is 25.4 Å². The van der Waals surface area contributed by atoms with Gasteiger partial charge in [0.15, 0.2) is 5.13 Å². The monoisotopic (exact) mass is 426 g/mol. The molecule has 1 aromatic heterocycles. The minimum atomic E-state index is -0.392. The lowest BCUT2D eigenvalue weighted by atomic mass is 10.2. The molecule has 0 aliphatic carbocycles. The number of ether oxygens (including phenoxy) is 2. The highest BCUT2D eigenvalue weighted by molar-refractivity contribution is 7.13. The van der Waals surface area contributed by atoms with Crippen LogP contribution in [0.3, 0.4) is 0 Å². The fourth-order valence-corrected chi connectivity index (χ4v) is 3.32. The molecule has 3 rings (SSSR count). The van der Waals surface area contributed by atoms with Crippen LogP contribution in [0.2, 0.25) is 0 Å². The van der Waals surface area contributed by atoms with E-state index in [1.165, 1.54) is 11.3 Å². The number of hydrogen-bond acceptors (Lipinski definition) is 6. The standard InChI is InChI=1S/C21H22N4O4S/c1-28-17-9-6-14(7-10-17)23-20(27)25-21-24-16(13-30-21)8-11-19(26)22-15-4-3-5-18(12-15)29-2/h3-7,9-10,12-13H,8,11H2,1-2H3,(H,22,26)(H2,23,24,25,27). The van der Waals surface area contributed by atoms with Crippen molar-refractivity contribution in [2.75, 3.05) is 30.2 Å². The first-order valence-electron chi connectivity index (χ1n) is 9.16. The summed E-state index contributed by atoms with van der Waals surface area (Å²) in [6.07, 6.45) is 0.743. The van der Waals surface area contributed by atoms with E-state index >= 15 is 0 Å². The van der Waals surface area contributed by atoms with Crippen LogP contribution in [0, 0.1) is 0 Å². The highest BCUT2D eigenvalue weighted by Crippen LogP contribution is 2.20. The zero-order valence-corrected chi connectivity index (χ0v) is 17.4. The third-order valence-electron chi connectivity index (χ3n) is 4.08. The SMILES string of the molecule is COc1ccc(NC(=O)Nc2nc(CCC(=O)Nc3cccc(OC)c3)cs2)cc1. The molecular weight excluding hydrogens is 404 g/mol. The molecular formula is C21H22N4O4S. The Hall–Kier alpha value is -3.59. The smallest absolute Gasteiger partial charge is 0.325 e. The van der Waals surface area contributed by atoms with Gasteiger partial charge in [0.1, 0.15) is 11.5 Å². The maximum absolute atomic E-state index is 12.2. The predicted molar refractivity (Wildman–Crippen MR) is 118 cm³/mol. The number of anilines is 3. The number of nitrogens with zero attached hydrogens (tertiary/aromatic N) is 1. The van der Waals surface area contributed by atoms with Crippen LogP contribution in [-0.4, -0.2) is 31.1 Å². The number of aromatic nitrogens is 1. The first-order chi connectivity index (χ1) is 14.6. The fraction of sp³-hybridized carbons (Fsp3) is 0.190. The number of urea groups is 1. The molecule has 156 valence electrons. The third-order valence-corrected chi connectivity index (χ3v) is 4.89. The summed E-state index contributed by atoms with van der Waals surface area (Å²) >= 11 is 1.30. The molecule has 3 N–H and O–H groups in total. The van der Waals surface area contributed by atoms with Crippen molar-refractivity contribution in [2.24, 2.45) is 0 Å². The van der Waals surface area contributed by atoms with Crippen LogP contribution >= 0.6 is 11.3 Å². The van der Waals surface area contributed by atoms with Crippen molar-refractivity contribution >= 4 is 39.8 Å². The topological polar surface area (TPSA) is 102 Å². The summed E-state index contributed by atoms with van der Waals surface area (Å²) in [5.74, 6) is 1.26. The molecule has 0 spiro atoms. The Balaban J connectivity index is 1.45. The molecule has 0 saturated carbocycles. The number of hydrogen-bond donors (Lipinski definition) is 3. The Kier molecular flexibility index (Phi) is 7.23. The average molecular weight is 426 g/mol. The number of methoxy groups -OCH3 is 2. The van der Waals surface area contributed by atoms with Crippen molar-refractivity contribution in [3.05, 3.63) is 59.6 Å². The number of carbonyl (C=O) groups excluding carboxylic acids is 2. The van der Waals surface area contributed by atoms with Crippen molar-refractivity contribution in [2.45, 2.75) is 12.8 Å². The molecule has 3 aromatic rings. The van der Waals surface area contributed by atoms with E-state index in [2.05, 4.69) is 20.9 Å². The van der Waals surface area contributed by atoms with E-state index in [1.807, 2.05) is 17.5 Å². The van der Waals surface area contributed by atoms with Crippen LogP contribution in [0.15, 0.2) is 53.9 Å². The number of aryl methyl sites for hydroxylation is 1. The lowest BCUT2D eigenvalue weighted by molar-refractivity contribution is -0.116. The first kappa shape index (κ1) is 21.1. The predicted octanol–water partition coefficient (Wildman–Crippen LogP) is 4.38. The minimum absolute atomic E-state index is 0.122. The molecule has 0 unspecified atom stereocenters. The van der Waals surface area contributed by atoms with E-state index in [-0.39, 0.29) is 12.3 Å². The Morgan fingerprint density at radius 1 is 0.933 bits per heavy atom. The summed E-state index contributed by atoms with van der Waals surface area (Å²) in [6.45, 7) is 0. The molecule has 0 bridgehead atoms. The molecule has 0 saturated heterocycles. The van der Waals surface area contributed by atoms with Gasteiger partial charge in [0.25, 0.3) is 0 Å². The fourth-order valence-electron chi connectivity index (χ4n) is 2.58. The molecule has 0 fully saturated rings. The van der Waals surface area contributed by atoms with Crippen LogP contribution in [0.4, 0.5) is 21.3 Å². The van der Waals surface area contributed by atoms with E-state index in [4.69, 9.17) is 9.47 Å². The third kappa shape index (κ3) is 6.21. The van der Waals surface area contributed by atoms with Gasteiger partial charge in [0.2, 0.25) is 5.91 Å². The largest absolute Gasteiger partial charge is 0.497 e. The number of amides is 3. The zero-order chi connectivity index (χ0) is 21.3. The van der Waals surface area contributed by atoms with Crippen molar-refractivity contribution in [1.29, 1.82) is 0 Å². The molecule has 30 heavy (non-hydrogen) atoms. The molecule has 0 radical (unpaired) electrons. The number of thiazole rings is 1. The van der Waals surface area contributed by atoms with Crippen molar-refractivity contribution in [1.82, 2.24) is 4.98 Å². The van der Waals surface area contributed by atoms with E-state index in [1.54, 1.807) is 50.6 Å². The molecule has 0 aliphatic rings. The normalized spacial score (nSPS) is 10.2. The van der Waals surface area contributed by atoms with Crippen LogP contribution in [0.25, 0.3) is 0 Å². The van der Waals surface area contributed by atoms with Gasteiger partial charge in [-0.05, 0) is 42.8 Å². The molecule has 0 aliphatic heterocycles. The van der Waals surface area contributed by atoms with Crippen LogP contribution in [0.1, 0.15) is 12.1 Å². The van der Waals surface area contributed by atoms with E-state index < -0.39 is 6.03 Å². The lowest BCUT2D eigenvalue weighted by Crippen LogP contribution is -2.19. The van der Waals surface area contributed by atoms with E-state index in [0.29, 0.717) is 34.4 Å². The second kappa shape index (κ2) is 10.3. The van der Waals surface area contributed by atoms with Gasteiger partial charge in [-0.3, -0.25) is 10.1 Å². The highest BCUT2D eigenvalue weighted by atomic mass is 32.1. The Morgan fingerprint density at radius 2 is 1.70 bits per heavy atom. The first-order valence-corrected chi connectivity index (χ1v) is 10.0. The summed E-state index contributed by atoms with van der Waals surface area (Å²) in [6, 6.07) is 13.8. The maximum atomic E-state index is 12.2. The van der Waals surface area contributed by atoms with E-state index in [9.17, 15) is 9.59 Å². The van der Waals surface area contributed by atoms with Gasteiger partial charge in [-0.15, -0.1) is 11.3 Å². The molecule has 3 amide bonds. The van der Waals surface area contributed by atoms with Crippen LogP contribution in [0.5, 0.6) is 11.5 Å². The number of benzene rings is 2. The van der Waals surface area contributed by atoms with Crippen molar-refractivity contribution in [3.63, 3.8) is 0 Å². The Labute approximate surface area is 178 Å². The van der Waals surface area contributed by atoms with Gasteiger partial charge in [-0.2, -0.15) is 0 Å². The lowest BCUT2D eigenvalue weighted by Gasteiger charge is -2.07. The maximum Gasteiger partial charge on any atom is 0.325 e. The van der Waals surface area contributed by atoms with Gasteiger partial charge < -0.3 is 20.1 Å². The Morgan fingerprint density at radius 3 is 2.43 bits per heavy atom. The molecule has 8 nitrogen and oxygen atoms in total. The molecule has 9 heteroatoms. The summed E-state index contributed by atoms with van der Waals surface area (Å²) in [4.78, 5) is 28.6. The van der Waals surface area contributed by atoms with Gasteiger partial charge in [-0.1, -0.05) is 6.07 Å². The zero-order valence-electron chi connectivity index (χ0n) is 16.6. The molecule has 1 heterocycles. The number of nitrogens with one attached hydrogen (secondary N) is 3. The number of carbonyl (C=O) groups is 2. The second-order valence-corrected chi connectivity index (χ2v) is 7.09.